The summed E-state index contributed by atoms with van der Waals surface area (Å²) in [6, 6.07) is 18.8. The lowest BCUT2D eigenvalue weighted by Gasteiger charge is -2.12. The summed E-state index contributed by atoms with van der Waals surface area (Å²) in [5, 5.41) is 5.34. The average Bonchev–Trinajstić information content (AvgIpc) is 2.74. The van der Waals surface area contributed by atoms with Crippen LogP contribution in [0.25, 0.3) is 0 Å². The molecule has 6 nitrogen and oxygen atoms in total. The van der Waals surface area contributed by atoms with Crippen LogP contribution in [0.4, 0.5) is 20.2 Å². The van der Waals surface area contributed by atoms with Crippen LogP contribution in [0.5, 0.6) is 11.5 Å². The van der Waals surface area contributed by atoms with Crippen molar-refractivity contribution in [2.75, 3.05) is 17.7 Å². The van der Waals surface area contributed by atoms with Gasteiger partial charge in [-0.2, -0.15) is 8.78 Å². The van der Waals surface area contributed by atoms with Gasteiger partial charge in [-0.3, -0.25) is 9.59 Å². The number of hydrogen-bond acceptors (Lipinski definition) is 4. The molecule has 0 saturated carbocycles. The van der Waals surface area contributed by atoms with Gasteiger partial charge in [0.1, 0.15) is 11.5 Å². The maximum absolute atomic E-state index is 12.5. The van der Waals surface area contributed by atoms with Gasteiger partial charge in [0.2, 0.25) is 0 Å². The van der Waals surface area contributed by atoms with Crippen molar-refractivity contribution in [3.05, 3.63) is 83.9 Å². The number of rotatable bonds is 7. The van der Waals surface area contributed by atoms with Crippen LogP contribution in [0.2, 0.25) is 0 Å². The van der Waals surface area contributed by atoms with Gasteiger partial charge < -0.3 is 20.1 Å². The maximum Gasteiger partial charge on any atom is 0.387 e. The van der Waals surface area contributed by atoms with Gasteiger partial charge in [0.15, 0.2) is 0 Å². The van der Waals surface area contributed by atoms with Gasteiger partial charge in [-0.15, -0.1) is 0 Å². The number of hydrogen-bond donors (Lipinski definition) is 2. The molecule has 0 aromatic heterocycles. The number of benzene rings is 3. The summed E-state index contributed by atoms with van der Waals surface area (Å²) in [7, 11) is 1.51. The van der Waals surface area contributed by atoms with Crippen molar-refractivity contribution in [2.45, 2.75) is 6.61 Å². The summed E-state index contributed by atoms with van der Waals surface area (Å²) in [6.07, 6.45) is 0. The highest BCUT2D eigenvalue weighted by molar-refractivity contribution is 6.07. The molecule has 0 aliphatic heterocycles. The van der Waals surface area contributed by atoms with Crippen LogP contribution in [0, 0.1) is 0 Å². The van der Waals surface area contributed by atoms with E-state index < -0.39 is 12.5 Å². The number of halogens is 2. The minimum Gasteiger partial charge on any atom is -0.495 e. The Kier molecular flexibility index (Phi) is 6.59. The summed E-state index contributed by atoms with van der Waals surface area (Å²) in [4.78, 5) is 24.9. The van der Waals surface area contributed by atoms with E-state index in [4.69, 9.17) is 4.74 Å². The smallest absolute Gasteiger partial charge is 0.387 e. The molecule has 8 heteroatoms. The predicted octanol–water partition coefficient (Wildman–Crippen LogP) is 4.80. The minimum atomic E-state index is -3.04. The first-order valence-corrected chi connectivity index (χ1v) is 8.87. The molecule has 3 rings (SSSR count). The molecule has 0 spiro atoms. The molecule has 0 aliphatic rings. The van der Waals surface area contributed by atoms with Crippen LogP contribution < -0.4 is 20.1 Å². The molecule has 2 N–H and O–H groups in total. The molecule has 0 fully saturated rings. The first-order valence-electron chi connectivity index (χ1n) is 8.87. The normalized spacial score (nSPS) is 10.4. The molecule has 0 unspecified atom stereocenters. The fraction of sp³-hybridized carbons (Fsp3) is 0.0909. The summed E-state index contributed by atoms with van der Waals surface area (Å²) >= 11 is 0. The Labute approximate surface area is 171 Å². The lowest BCUT2D eigenvalue weighted by atomic mass is 10.1. The van der Waals surface area contributed by atoms with Gasteiger partial charge in [-0.1, -0.05) is 24.3 Å². The Morgan fingerprint density at radius 3 is 2.10 bits per heavy atom. The molecule has 30 heavy (non-hydrogen) atoms. The highest BCUT2D eigenvalue weighted by Crippen LogP contribution is 2.24. The lowest BCUT2D eigenvalue weighted by Crippen LogP contribution is -2.15. The minimum absolute atomic E-state index is 0.0317. The van der Waals surface area contributed by atoms with Gasteiger partial charge >= 0.3 is 6.61 Å². The van der Waals surface area contributed by atoms with Crippen molar-refractivity contribution in [2.24, 2.45) is 0 Å². The quantitative estimate of drug-likeness (QED) is 0.584. The van der Waals surface area contributed by atoms with Gasteiger partial charge in [-0.25, -0.2) is 0 Å². The van der Waals surface area contributed by atoms with E-state index in [1.54, 1.807) is 30.3 Å². The molecule has 0 radical (unpaired) electrons. The Morgan fingerprint density at radius 2 is 1.43 bits per heavy atom. The van der Waals surface area contributed by atoms with Crippen molar-refractivity contribution < 1.29 is 27.8 Å². The number of nitrogens with one attached hydrogen (secondary N) is 2. The number of carbonyl (C=O) groups is 2. The molecule has 0 bridgehead atoms. The second kappa shape index (κ2) is 9.51. The molecule has 2 amide bonds. The number of amides is 2. The standard InChI is InChI=1S/C22H18F2N2O4/c1-29-19-9-5-3-7-17(19)26-20(27)14-10-12-15(13-11-14)25-21(28)16-6-2-4-8-18(16)30-22(23)24/h2-13,22H,1H3,(H,25,28)(H,26,27). The van der Waals surface area contributed by atoms with Gasteiger partial charge in [0.05, 0.1) is 18.4 Å². The molecular weight excluding hydrogens is 394 g/mol. The fourth-order valence-corrected chi connectivity index (χ4v) is 2.70. The van der Waals surface area contributed by atoms with E-state index in [1.807, 2.05) is 0 Å². The zero-order valence-corrected chi connectivity index (χ0v) is 15.9. The number of anilines is 2. The third-order valence-corrected chi connectivity index (χ3v) is 4.11. The van der Waals surface area contributed by atoms with Crippen LogP contribution >= 0.6 is 0 Å². The van der Waals surface area contributed by atoms with E-state index in [0.29, 0.717) is 22.7 Å². The molecule has 3 aromatic carbocycles. The average molecular weight is 412 g/mol. The SMILES string of the molecule is COc1ccccc1NC(=O)c1ccc(NC(=O)c2ccccc2OC(F)F)cc1. The zero-order valence-electron chi connectivity index (χ0n) is 15.9. The summed E-state index contributed by atoms with van der Waals surface area (Å²) in [5.74, 6) is -0.664. The van der Waals surface area contributed by atoms with E-state index in [-0.39, 0.29) is 17.2 Å². The maximum atomic E-state index is 12.5. The van der Waals surface area contributed by atoms with Crippen molar-refractivity contribution in [3.8, 4) is 11.5 Å². The molecule has 154 valence electrons. The van der Waals surface area contributed by atoms with Gasteiger partial charge in [-0.05, 0) is 48.5 Å². The molecule has 0 aliphatic carbocycles. The third kappa shape index (κ3) is 5.11. The largest absolute Gasteiger partial charge is 0.495 e. The number of ether oxygens (including phenoxy) is 2. The Morgan fingerprint density at radius 1 is 0.800 bits per heavy atom. The number of para-hydroxylation sites is 3. The Hall–Kier alpha value is -3.94. The van der Waals surface area contributed by atoms with E-state index >= 15 is 0 Å². The Balaban J connectivity index is 1.69. The van der Waals surface area contributed by atoms with E-state index in [0.717, 1.165) is 0 Å². The van der Waals surface area contributed by atoms with Crippen molar-refractivity contribution in [1.82, 2.24) is 0 Å². The number of alkyl halides is 2. The van der Waals surface area contributed by atoms with Crippen LogP contribution in [0.3, 0.4) is 0 Å². The van der Waals surface area contributed by atoms with Crippen molar-refractivity contribution in [1.29, 1.82) is 0 Å². The monoisotopic (exact) mass is 412 g/mol. The van der Waals surface area contributed by atoms with Crippen molar-refractivity contribution in [3.63, 3.8) is 0 Å². The first kappa shape index (κ1) is 20.8. The topological polar surface area (TPSA) is 76.7 Å². The third-order valence-electron chi connectivity index (χ3n) is 4.11. The molecule has 0 heterocycles. The first-order chi connectivity index (χ1) is 14.5. The van der Waals surface area contributed by atoms with Crippen LogP contribution in [-0.4, -0.2) is 25.5 Å². The highest BCUT2D eigenvalue weighted by Gasteiger charge is 2.16. The number of carbonyl (C=O) groups excluding carboxylic acids is 2. The molecular formula is C22H18F2N2O4. The van der Waals surface area contributed by atoms with E-state index in [9.17, 15) is 18.4 Å². The van der Waals surface area contributed by atoms with E-state index in [2.05, 4.69) is 15.4 Å². The zero-order chi connectivity index (χ0) is 21.5. The summed E-state index contributed by atoms with van der Waals surface area (Å²) in [6.45, 7) is -3.04. The Bertz CT molecular complexity index is 1040. The predicted molar refractivity (Wildman–Crippen MR) is 108 cm³/mol. The second-order valence-electron chi connectivity index (χ2n) is 6.06. The summed E-state index contributed by atoms with van der Waals surface area (Å²) in [5.41, 5.74) is 1.25. The molecule has 0 atom stereocenters. The van der Waals surface area contributed by atoms with Crippen LogP contribution in [-0.2, 0) is 0 Å². The van der Waals surface area contributed by atoms with Gasteiger partial charge in [0.25, 0.3) is 11.8 Å². The van der Waals surface area contributed by atoms with Crippen LogP contribution in [0.15, 0.2) is 72.8 Å². The lowest BCUT2D eigenvalue weighted by molar-refractivity contribution is -0.0501. The molecule has 3 aromatic rings. The van der Waals surface area contributed by atoms with Crippen molar-refractivity contribution >= 4 is 23.2 Å². The highest BCUT2D eigenvalue weighted by atomic mass is 19.3. The second-order valence-corrected chi connectivity index (χ2v) is 6.06. The fourth-order valence-electron chi connectivity index (χ4n) is 2.70. The van der Waals surface area contributed by atoms with Crippen LogP contribution in [0.1, 0.15) is 20.7 Å². The van der Waals surface area contributed by atoms with Gasteiger partial charge in [0, 0.05) is 11.3 Å². The molecule has 0 saturated heterocycles. The van der Waals surface area contributed by atoms with E-state index in [1.165, 1.54) is 49.6 Å². The summed E-state index contributed by atoms with van der Waals surface area (Å²) < 4.78 is 34.6. The number of methoxy groups -OCH3 is 1.